The number of methoxy groups -OCH3 is 2. The first kappa shape index (κ1) is 20.2. The number of hydrogen-bond donors (Lipinski definition) is 1. The summed E-state index contributed by atoms with van der Waals surface area (Å²) in [5, 5.41) is 6.57. The van der Waals surface area contributed by atoms with Crippen LogP contribution in [0.25, 0.3) is 21.3 Å². The van der Waals surface area contributed by atoms with Crippen LogP contribution in [0.15, 0.2) is 54.2 Å². The summed E-state index contributed by atoms with van der Waals surface area (Å²) in [5.74, 6) is 2.18. The van der Waals surface area contributed by atoms with Crippen LogP contribution in [-0.4, -0.2) is 24.2 Å². The predicted molar refractivity (Wildman–Crippen MR) is 124 cm³/mol. The fraction of sp³-hybridized carbons (Fsp3) is 0.250. The zero-order valence-corrected chi connectivity index (χ0v) is 18.6. The van der Waals surface area contributed by atoms with Gasteiger partial charge in [-0.1, -0.05) is 39.0 Å². The lowest BCUT2D eigenvalue weighted by Crippen LogP contribution is -2.10. The molecule has 0 spiro atoms. The maximum Gasteiger partial charge on any atom is 0.161 e. The maximum atomic E-state index is 5.48. The van der Waals surface area contributed by atoms with Gasteiger partial charge in [0.2, 0.25) is 0 Å². The number of hydrogen-bond acceptors (Lipinski definition) is 6. The van der Waals surface area contributed by atoms with Crippen molar-refractivity contribution in [2.75, 3.05) is 19.5 Å². The molecule has 0 radical (unpaired) electrons. The van der Waals surface area contributed by atoms with Gasteiger partial charge < -0.3 is 14.8 Å². The molecular weight excluding hydrogens is 394 g/mol. The van der Waals surface area contributed by atoms with E-state index < -0.39 is 0 Å². The van der Waals surface area contributed by atoms with Crippen molar-refractivity contribution >= 4 is 33.1 Å². The van der Waals surface area contributed by atoms with Crippen LogP contribution in [0.1, 0.15) is 26.3 Å². The first-order valence-corrected chi connectivity index (χ1v) is 10.6. The largest absolute Gasteiger partial charge is 0.493 e. The van der Waals surface area contributed by atoms with Gasteiger partial charge in [-0.3, -0.25) is 0 Å². The van der Waals surface area contributed by atoms with Crippen molar-refractivity contribution in [1.29, 1.82) is 0 Å². The summed E-state index contributed by atoms with van der Waals surface area (Å²) in [6.07, 6.45) is 1.60. The summed E-state index contributed by atoms with van der Waals surface area (Å²) < 4.78 is 10.9. The van der Waals surface area contributed by atoms with Gasteiger partial charge >= 0.3 is 0 Å². The smallest absolute Gasteiger partial charge is 0.161 e. The van der Waals surface area contributed by atoms with Crippen LogP contribution in [0.5, 0.6) is 11.5 Å². The van der Waals surface area contributed by atoms with E-state index in [1.165, 1.54) is 5.56 Å². The molecule has 154 valence electrons. The average Bonchev–Trinajstić information content (AvgIpc) is 3.18. The van der Waals surface area contributed by atoms with Crippen LogP contribution < -0.4 is 14.8 Å². The van der Waals surface area contributed by atoms with Crippen molar-refractivity contribution in [1.82, 2.24) is 9.97 Å². The van der Waals surface area contributed by atoms with Crippen molar-refractivity contribution in [2.24, 2.45) is 0 Å². The molecule has 0 bridgehead atoms. The van der Waals surface area contributed by atoms with E-state index in [4.69, 9.17) is 9.47 Å². The Morgan fingerprint density at radius 2 is 1.63 bits per heavy atom. The van der Waals surface area contributed by atoms with E-state index in [9.17, 15) is 0 Å². The van der Waals surface area contributed by atoms with E-state index in [2.05, 4.69) is 65.7 Å². The number of anilines is 2. The Labute approximate surface area is 180 Å². The Morgan fingerprint density at radius 1 is 0.900 bits per heavy atom. The molecular formula is C24H25N3O2S. The lowest BCUT2D eigenvalue weighted by atomic mass is 9.87. The SMILES string of the molecule is COc1ccc(-c2csc3ncnc(Nc4ccc(C(C)(C)C)cc4)c23)cc1OC. The number of thiophene rings is 1. The van der Waals surface area contributed by atoms with Gasteiger partial charge in [-0.25, -0.2) is 9.97 Å². The van der Waals surface area contributed by atoms with Crippen LogP contribution in [-0.2, 0) is 5.41 Å². The number of ether oxygens (including phenoxy) is 2. The molecule has 0 aliphatic rings. The maximum absolute atomic E-state index is 5.48. The van der Waals surface area contributed by atoms with Crippen LogP contribution in [0.4, 0.5) is 11.5 Å². The summed E-state index contributed by atoms with van der Waals surface area (Å²) in [7, 11) is 3.28. The fourth-order valence-electron chi connectivity index (χ4n) is 3.38. The molecule has 1 N–H and O–H groups in total. The zero-order chi connectivity index (χ0) is 21.3. The van der Waals surface area contributed by atoms with E-state index in [1.54, 1.807) is 31.9 Å². The molecule has 0 amide bonds. The van der Waals surface area contributed by atoms with E-state index in [1.807, 2.05) is 18.2 Å². The number of nitrogens with one attached hydrogen (secondary N) is 1. The van der Waals surface area contributed by atoms with E-state index in [0.717, 1.165) is 32.8 Å². The quantitative estimate of drug-likeness (QED) is 0.405. The highest BCUT2D eigenvalue weighted by atomic mass is 32.1. The Bertz CT molecular complexity index is 1180. The summed E-state index contributed by atoms with van der Waals surface area (Å²) >= 11 is 1.60. The van der Waals surface area contributed by atoms with Crippen LogP contribution in [0.3, 0.4) is 0 Å². The lowest BCUT2D eigenvalue weighted by molar-refractivity contribution is 0.355. The highest BCUT2D eigenvalue weighted by Gasteiger charge is 2.16. The van der Waals surface area contributed by atoms with Crippen molar-refractivity contribution in [3.8, 4) is 22.6 Å². The molecule has 4 aromatic rings. The minimum atomic E-state index is 0.120. The van der Waals surface area contributed by atoms with Gasteiger partial charge in [-0.05, 0) is 40.8 Å². The van der Waals surface area contributed by atoms with Crippen LogP contribution >= 0.6 is 11.3 Å². The van der Waals surface area contributed by atoms with Crippen LogP contribution in [0.2, 0.25) is 0 Å². The minimum absolute atomic E-state index is 0.120. The van der Waals surface area contributed by atoms with Gasteiger partial charge in [0.05, 0.1) is 19.6 Å². The number of fused-ring (bicyclic) bond motifs is 1. The molecule has 30 heavy (non-hydrogen) atoms. The third-order valence-electron chi connectivity index (χ3n) is 5.08. The first-order valence-electron chi connectivity index (χ1n) is 9.73. The molecule has 0 aliphatic heterocycles. The molecule has 0 unspecified atom stereocenters. The average molecular weight is 420 g/mol. The normalized spacial score (nSPS) is 11.5. The minimum Gasteiger partial charge on any atom is -0.493 e. The van der Waals surface area contributed by atoms with Crippen molar-refractivity contribution in [3.05, 3.63) is 59.7 Å². The Hall–Kier alpha value is -3.12. The predicted octanol–water partition coefficient (Wildman–Crippen LogP) is 6.42. The topological polar surface area (TPSA) is 56.3 Å². The standard InChI is InChI=1S/C24H25N3O2S/c1-24(2,3)16-7-9-17(10-8-16)27-22-21-18(13-30-23(21)26-14-25-22)15-6-11-19(28-4)20(12-15)29-5/h6-14H,1-5H3,(H,25,26,27). The molecule has 0 aliphatic carbocycles. The molecule has 5 nitrogen and oxygen atoms in total. The summed E-state index contributed by atoms with van der Waals surface area (Å²) in [5.41, 5.74) is 4.49. The molecule has 0 saturated heterocycles. The molecule has 2 aromatic heterocycles. The second-order valence-electron chi connectivity index (χ2n) is 8.07. The Kier molecular flexibility index (Phi) is 5.35. The van der Waals surface area contributed by atoms with E-state index in [0.29, 0.717) is 11.5 Å². The molecule has 2 aromatic carbocycles. The second kappa shape index (κ2) is 7.95. The van der Waals surface area contributed by atoms with Gasteiger partial charge in [-0.2, -0.15) is 0 Å². The summed E-state index contributed by atoms with van der Waals surface area (Å²) in [6.45, 7) is 6.64. The van der Waals surface area contributed by atoms with Gasteiger partial charge in [0.1, 0.15) is 17.0 Å². The summed E-state index contributed by atoms with van der Waals surface area (Å²) in [4.78, 5) is 9.93. The molecule has 6 heteroatoms. The highest BCUT2D eigenvalue weighted by molar-refractivity contribution is 7.17. The number of nitrogens with zero attached hydrogens (tertiary/aromatic N) is 2. The van der Waals surface area contributed by atoms with Crippen molar-refractivity contribution in [3.63, 3.8) is 0 Å². The second-order valence-corrected chi connectivity index (χ2v) is 8.93. The van der Waals surface area contributed by atoms with Crippen LogP contribution in [0, 0.1) is 0 Å². The molecule has 2 heterocycles. The van der Waals surface area contributed by atoms with Gasteiger partial charge in [0, 0.05) is 16.6 Å². The van der Waals surface area contributed by atoms with Gasteiger partial charge in [-0.15, -0.1) is 11.3 Å². The monoisotopic (exact) mass is 419 g/mol. The third-order valence-corrected chi connectivity index (χ3v) is 5.96. The zero-order valence-electron chi connectivity index (χ0n) is 17.8. The fourth-order valence-corrected chi connectivity index (χ4v) is 4.29. The molecule has 0 atom stereocenters. The van der Waals surface area contributed by atoms with Crippen molar-refractivity contribution in [2.45, 2.75) is 26.2 Å². The third kappa shape index (κ3) is 3.83. The summed E-state index contributed by atoms with van der Waals surface area (Å²) in [6, 6.07) is 14.4. The molecule has 0 saturated carbocycles. The first-order chi connectivity index (χ1) is 14.4. The Morgan fingerprint density at radius 3 is 2.30 bits per heavy atom. The van der Waals surface area contributed by atoms with E-state index >= 15 is 0 Å². The number of aromatic nitrogens is 2. The highest BCUT2D eigenvalue weighted by Crippen LogP contribution is 2.40. The van der Waals surface area contributed by atoms with Gasteiger partial charge in [0.15, 0.2) is 11.5 Å². The molecule has 0 fully saturated rings. The van der Waals surface area contributed by atoms with E-state index in [-0.39, 0.29) is 5.41 Å². The lowest BCUT2D eigenvalue weighted by Gasteiger charge is -2.19. The Balaban J connectivity index is 1.75. The number of benzene rings is 2. The van der Waals surface area contributed by atoms with Gasteiger partial charge in [0.25, 0.3) is 0 Å². The molecule has 4 rings (SSSR count). The number of rotatable bonds is 5. The van der Waals surface area contributed by atoms with Crippen molar-refractivity contribution < 1.29 is 9.47 Å².